The molecule has 8 heteroatoms. The minimum absolute atomic E-state index is 0. The maximum Gasteiger partial charge on any atom is 0.320 e. The number of nitrogens with zero attached hydrogens (tertiary/aromatic N) is 1. The van der Waals surface area contributed by atoms with Gasteiger partial charge in [-0.15, -0.1) is 12.4 Å². The van der Waals surface area contributed by atoms with Gasteiger partial charge in [0.25, 0.3) is 0 Å². The summed E-state index contributed by atoms with van der Waals surface area (Å²) >= 11 is 0. The highest BCUT2D eigenvalue weighted by Crippen LogP contribution is 2.13. The molecule has 0 aliphatic carbocycles. The Morgan fingerprint density at radius 1 is 1.26 bits per heavy atom. The molecule has 112 valence electrons. The van der Waals surface area contributed by atoms with Crippen molar-refractivity contribution < 1.29 is 28.7 Å². The molecular weight excluding hydrogens is 276 g/mol. The zero-order valence-corrected chi connectivity index (χ0v) is 12.4. The number of quaternary nitrogens is 1. The van der Waals surface area contributed by atoms with Gasteiger partial charge in [0.2, 0.25) is 0 Å². The van der Waals surface area contributed by atoms with E-state index in [0.717, 1.165) is 6.92 Å². The van der Waals surface area contributed by atoms with Crippen molar-refractivity contribution in [2.75, 3.05) is 34.2 Å². The number of carboxylic acid groups (broad SMARTS) is 1. The predicted molar refractivity (Wildman–Crippen MR) is 68.3 cm³/mol. The summed E-state index contributed by atoms with van der Waals surface area (Å²) < 4.78 is 5.27. The van der Waals surface area contributed by atoms with Gasteiger partial charge in [0.05, 0.1) is 39.6 Å². The van der Waals surface area contributed by atoms with Crippen LogP contribution >= 0.6 is 12.4 Å². The third-order valence-corrected chi connectivity index (χ3v) is 2.24. The lowest BCUT2D eigenvalue weighted by molar-refractivity contribution is -0.873. The fourth-order valence-electron chi connectivity index (χ4n) is 1.55. The number of aliphatic carboxylic acids is 1. The molecule has 0 aromatic rings. The van der Waals surface area contributed by atoms with Crippen LogP contribution < -0.4 is 10.8 Å². The number of ketones is 1. The van der Waals surface area contributed by atoms with E-state index >= 15 is 0 Å². The van der Waals surface area contributed by atoms with Gasteiger partial charge in [-0.1, -0.05) is 0 Å². The number of likely N-dealkylation sites (N-methyl/N-ethyl adjacent to an activating group) is 1. The van der Waals surface area contributed by atoms with E-state index in [1.807, 2.05) is 0 Å². The molecule has 2 N–H and O–H groups in total. The topological polar surface area (TPSA) is 110 Å². The standard InChI is InChI=1S/C11H20N2O5.ClH/c1-7(14)10(11(16)17)8(6-13(2,3)4)18-9(15)5-12;/h8,10H,5-6,12H2,1-4H3;1H. The molecule has 0 aromatic heterocycles. The average Bonchev–Trinajstić information content (AvgIpc) is 2.13. The van der Waals surface area contributed by atoms with E-state index in [4.69, 9.17) is 10.5 Å². The number of halogens is 1. The molecule has 0 fully saturated rings. The van der Waals surface area contributed by atoms with Crippen LogP contribution in [0.2, 0.25) is 0 Å². The highest BCUT2D eigenvalue weighted by molar-refractivity contribution is 5.97. The fraction of sp³-hybridized carbons (Fsp3) is 0.727. The minimum atomic E-state index is -1.55. The van der Waals surface area contributed by atoms with Crippen molar-refractivity contribution in [1.29, 1.82) is 0 Å². The van der Waals surface area contributed by atoms with Gasteiger partial charge < -0.3 is 24.9 Å². The van der Waals surface area contributed by atoms with Crippen LogP contribution in [0.3, 0.4) is 0 Å². The first-order valence-electron chi connectivity index (χ1n) is 5.49. The second-order valence-electron chi connectivity index (χ2n) is 5.11. The van der Waals surface area contributed by atoms with Crippen molar-refractivity contribution in [2.24, 2.45) is 11.7 Å². The Balaban J connectivity index is 0. The smallest absolute Gasteiger partial charge is 0.320 e. The molecule has 0 heterocycles. The van der Waals surface area contributed by atoms with Gasteiger partial charge in [0, 0.05) is 0 Å². The van der Waals surface area contributed by atoms with Gasteiger partial charge in [-0.2, -0.15) is 0 Å². The van der Waals surface area contributed by atoms with E-state index in [-0.39, 0.29) is 25.5 Å². The van der Waals surface area contributed by atoms with E-state index in [1.54, 1.807) is 21.1 Å². The molecule has 0 saturated heterocycles. The molecule has 0 spiro atoms. The largest absolute Gasteiger partial charge is 0.549 e. The number of rotatable bonds is 7. The first-order chi connectivity index (χ1) is 8.08. The summed E-state index contributed by atoms with van der Waals surface area (Å²) in [6.07, 6.45) is -1.08. The van der Waals surface area contributed by atoms with Crippen LogP contribution in [0.25, 0.3) is 0 Å². The average molecular weight is 297 g/mol. The van der Waals surface area contributed by atoms with Gasteiger partial charge in [0.15, 0.2) is 6.10 Å². The summed E-state index contributed by atoms with van der Waals surface area (Å²) in [5.74, 6) is -4.39. The second kappa shape index (κ2) is 8.08. The van der Waals surface area contributed by atoms with Crippen molar-refractivity contribution in [1.82, 2.24) is 0 Å². The molecule has 0 aliphatic rings. The Morgan fingerprint density at radius 3 is 2.00 bits per heavy atom. The maximum atomic E-state index is 11.3. The zero-order valence-electron chi connectivity index (χ0n) is 11.5. The lowest BCUT2D eigenvalue weighted by Gasteiger charge is -2.32. The lowest BCUT2D eigenvalue weighted by Crippen LogP contribution is -2.52. The van der Waals surface area contributed by atoms with Crippen LogP contribution in [0, 0.1) is 5.92 Å². The van der Waals surface area contributed by atoms with Crippen LogP contribution in [0.1, 0.15) is 6.92 Å². The molecule has 0 radical (unpaired) electrons. The number of hydrogen-bond acceptors (Lipinski definition) is 6. The molecule has 2 unspecified atom stereocenters. The molecule has 0 amide bonds. The molecule has 19 heavy (non-hydrogen) atoms. The van der Waals surface area contributed by atoms with Crippen LogP contribution in [0.4, 0.5) is 0 Å². The van der Waals surface area contributed by atoms with Crippen LogP contribution in [-0.4, -0.2) is 62.5 Å². The molecule has 0 aliphatic heterocycles. The highest BCUT2D eigenvalue weighted by Gasteiger charge is 2.34. The summed E-state index contributed by atoms with van der Waals surface area (Å²) in [6.45, 7) is 0.925. The third-order valence-electron chi connectivity index (χ3n) is 2.24. The SMILES string of the molecule is CC(=O)C(C(=O)[O-])C(C[N+](C)(C)C)OC(=O)CN.Cl. The Bertz CT molecular complexity index is 326. The zero-order chi connectivity index (χ0) is 14.5. The Labute approximate surface area is 118 Å². The molecule has 0 aromatic carbocycles. The van der Waals surface area contributed by atoms with E-state index in [0.29, 0.717) is 4.48 Å². The van der Waals surface area contributed by atoms with Crippen molar-refractivity contribution in [3.8, 4) is 0 Å². The normalized spacial score (nSPS) is 13.9. The summed E-state index contributed by atoms with van der Waals surface area (Å²) in [7, 11) is 5.36. The summed E-state index contributed by atoms with van der Waals surface area (Å²) in [5, 5.41) is 11.0. The number of carbonyl (C=O) groups is 3. The summed E-state index contributed by atoms with van der Waals surface area (Å²) in [4.78, 5) is 33.5. The number of carboxylic acids is 1. The van der Waals surface area contributed by atoms with E-state index in [1.165, 1.54) is 0 Å². The van der Waals surface area contributed by atoms with Crippen molar-refractivity contribution in [3.63, 3.8) is 0 Å². The van der Waals surface area contributed by atoms with Crippen LogP contribution in [0.5, 0.6) is 0 Å². The van der Waals surface area contributed by atoms with Crippen molar-refractivity contribution in [3.05, 3.63) is 0 Å². The Hall–Kier alpha value is -1.18. The van der Waals surface area contributed by atoms with Crippen molar-refractivity contribution in [2.45, 2.75) is 13.0 Å². The van der Waals surface area contributed by atoms with Gasteiger partial charge in [-0.3, -0.25) is 9.59 Å². The number of carbonyl (C=O) groups excluding carboxylic acids is 3. The summed E-state index contributed by atoms with van der Waals surface area (Å²) in [6, 6.07) is 0. The predicted octanol–water partition coefficient (Wildman–Crippen LogP) is -2.06. The first-order valence-corrected chi connectivity index (χ1v) is 5.49. The molecule has 7 nitrogen and oxygen atoms in total. The second-order valence-corrected chi connectivity index (χ2v) is 5.11. The fourth-order valence-corrected chi connectivity index (χ4v) is 1.55. The lowest BCUT2D eigenvalue weighted by atomic mass is 9.97. The highest BCUT2D eigenvalue weighted by atomic mass is 35.5. The molecule has 0 saturated carbocycles. The third kappa shape index (κ3) is 7.76. The molecule has 2 atom stereocenters. The van der Waals surface area contributed by atoms with Gasteiger partial charge in [-0.25, -0.2) is 0 Å². The number of Topliss-reactive ketones (excluding diaryl/α,β-unsaturated/α-hetero) is 1. The molecule has 0 rings (SSSR count). The van der Waals surface area contributed by atoms with E-state index in [9.17, 15) is 19.5 Å². The van der Waals surface area contributed by atoms with Gasteiger partial charge >= 0.3 is 5.97 Å². The number of ether oxygens (including phenoxy) is 1. The number of nitrogens with two attached hydrogens (primary N) is 1. The molecular formula is C11H21ClN2O5. The molecule has 0 bridgehead atoms. The minimum Gasteiger partial charge on any atom is -0.549 e. The van der Waals surface area contributed by atoms with Gasteiger partial charge in [-0.05, 0) is 6.92 Å². The maximum absolute atomic E-state index is 11.3. The first kappa shape index (κ1) is 20.1. The van der Waals surface area contributed by atoms with Crippen molar-refractivity contribution >= 4 is 30.1 Å². The van der Waals surface area contributed by atoms with Crippen LogP contribution in [-0.2, 0) is 19.1 Å². The Morgan fingerprint density at radius 2 is 1.74 bits per heavy atom. The van der Waals surface area contributed by atoms with Crippen LogP contribution in [0.15, 0.2) is 0 Å². The monoisotopic (exact) mass is 296 g/mol. The quantitative estimate of drug-likeness (QED) is 0.329. The van der Waals surface area contributed by atoms with E-state index in [2.05, 4.69) is 0 Å². The Kier molecular flexibility index (Phi) is 8.57. The number of esters is 1. The van der Waals surface area contributed by atoms with E-state index < -0.39 is 29.7 Å². The number of hydrogen-bond donors (Lipinski definition) is 1. The van der Waals surface area contributed by atoms with Gasteiger partial charge in [0.1, 0.15) is 12.3 Å². The summed E-state index contributed by atoms with van der Waals surface area (Å²) in [5.41, 5.74) is 5.11.